The van der Waals surface area contributed by atoms with Gasteiger partial charge in [-0.2, -0.15) is 0 Å². The van der Waals surface area contributed by atoms with Crippen LogP contribution in [0.3, 0.4) is 0 Å². The second-order valence-corrected chi connectivity index (χ2v) is 21.5. The Labute approximate surface area is 420 Å². The van der Waals surface area contributed by atoms with Gasteiger partial charge in [-0.1, -0.05) is 223 Å². The van der Waals surface area contributed by atoms with E-state index in [9.17, 15) is 0 Å². The van der Waals surface area contributed by atoms with E-state index < -0.39 is 9.52 Å². The van der Waals surface area contributed by atoms with Crippen LogP contribution in [0.4, 0.5) is 0 Å². The number of aromatic nitrogens is 1. The minimum atomic E-state index is -0.686. The molecule has 0 saturated heterocycles. The van der Waals surface area contributed by atoms with Gasteiger partial charge in [0.15, 0.2) is 0 Å². The van der Waals surface area contributed by atoms with Gasteiger partial charge in [-0.3, -0.25) is 0 Å². The molecule has 15 rings (SSSR count). The highest BCUT2D eigenvalue weighted by Crippen LogP contribution is 2.41. The summed E-state index contributed by atoms with van der Waals surface area (Å²) in [5.74, 6) is 0. The van der Waals surface area contributed by atoms with E-state index in [2.05, 4.69) is 265 Å². The van der Waals surface area contributed by atoms with Crippen LogP contribution >= 0.6 is 0 Å². The maximum atomic E-state index is 2.51. The lowest BCUT2D eigenvalue weighted by molar-refractivity contribution is 1.18. The molecule has 0 fully saturated rings. The zero-order valence-corrected chi connectivity index (χ0v) is 40.9. The van der Waals surface area contributed by atoms with Crippen molar-refractivity contribution in [2.75, 3.05) is 0 Å². The molecule has 13 aromatic carbocycles. The van der Waals surface area contributed by atoms with E-state index in [0.717, 1.165) is 0 Å². The van der Waals surface area contributed by atoms with Crippen molar-refractivity contribution in [3.63, 3.8) is 0 Å². The number of benzene rings is 13. The van der Waals surface area contributed by atoms with E-state index >= 15 is 0 Å². The largest absolute Gasteiger partial charge is 0.309 e. The average molecular weight is 928 g/mol. The summed E-state index contributed by atoms with van der Waals surface area (Å²) in [4.78, 5) is 0. The molecule has 14 aromatic rings. The number of hydrogen-bond donors (Lipinski definition) is 0. The Morgan fingerprint density at radius 1 is 0.222 bits per heavy atom. The molecule has 0 aliphatic carbocycles. The first-order valence-electron chi connectivity index (χ1n) is 25.1. The topological polar surface area (TPSA) is 4.93 Å². The summed E-state index contributed by atoms with van der Waals surface area (Å²) in [5.41, 5.74) is 18.8. The van der Waals surface area contributed by atoms with Crippen LogP contribution in [-0.4, -0.2) is 14.1 Å². The normalized spacial score (nSPS) is 12.4. The minimum Gasteiger partial charge on any atom is -0.309 e. The van der Waals surface area contributed by atoms with Crippen LogP contribution < -0.4 is 10.4 Å². The molecule has 2 heteroatoms. The Morgan fingerprint density at radius 3 is 1.15 bits per heavy atom. The standard InChI is InChI=1S/C70H45NSi/c1-2-12-44(13-3-1)51-30-34-61-62-35-33-54(43-70(62)72-69(61)42-51)71-67-36-31-49(45-22-26-47(27-23-45)63-40-52-14-4-6-16-55(52)57-18-8-10-20-59(57)63)38-65(67)66-39-50(32-37-68(66)71)46-24-28-48(29-25-46)64-41-53-15-5-7-17-56(53)58-19-9-11-21-60(58)64/h1-43H,72H2. The van der Waals surface area contributed by atoms with Crippen LogP contribution in [0.2, 0.25) is 0 Å². The lowest BCUT2D eigenvalue weighted by atomic mass is 9.92. The van der Waals surface area contributed by atoms with E-state index in [1.54, 1.807) is 0 Å². The van der Waals surface area contributed by atoms with Gasteiger partial charge in [0.05, 0.1) is 20.6 Å². The fourth-order valence-corrected chi connectivity index (χ4v) is 14.1. The second-order valence-electron chi connectivity index (χ2n) is 19.6. The summed E-state index contributed by atoms with van der Waals surface area (Å²) in [6.45, 7) is 0. The van der Waals surface area contributed by atoms with Crippen molar-refractivity contribution < 1.29 is 0 Å². The molecule has 0 bridgehead atoms. The fourth-order valence-electron chi connectivity index (χ4n) is 12.1. The Hall–Kier alpha value is -9.08. The van der Waals surface area contributed by atoms with Gasteiger partial charge < -0.3 is 4.57 Å². The molecule has 1 nitrogen and oxygen atoms in total. The first-order chi connectivity index (χ1) is 35.7. The maximum Gasteiger partial charge on any atom is 0.0892 e. The Morgan fingerprint density at radius 2 is 0.611 bits per heavy atom. The highest BCUT2D eigenvalue weighted by Gasteiger charge is 2.22. The Balaban J connectivity index is 0.845. The van der Waals surface area contributed by atoms with Gasteiger partial charge in [-0.05, 0) is 158 Å². The fraction of sp³-hybridized carbons (Fsp3) is 0. The predicted octanol–water partition coefficient (Wildman–Crippen LogP) is 16.8. The smallest absolute Gasteiger partial charge is 0.0892 e. The summed E-state index contributed by atoms with van der Waals surface area (Å²) < 4.78 is 2.51. The third-order valence-electron chi connectivity index (χ3n) is 15.6. The molecule has 334 valence electrons. The van der Waals surface area contributed by atoms with E-state index in [0.29, 0.717) is 0 Å². The molecule has 0 N–H and O–H groups in total. The number of rotatable bonds is 6. The molecule has 0 spiro atoms. The van der Waals surface area contributed by atoms with Crippen LogP contribution in [-0.2, 0) is 0 Å². The Kier molecular flexibility index (Phi) is 9.20. The first-order valence-corrected chi connectivity index (χ1v) is 26.5. The van der Waals surface area contributed by atoms with E-state index in [4.69, 9.17) is 0 Å². The zero-order chi connectivity index (χ0) is 47.3. The first kappa shape index (κ1) is 40.8. The predicted molar refractivity (Wildman–Crippen MR) is 311 cm³/mol. The SMILES string of the molecule is c1ccc(-c2ccc3c(c2)[SiH2]c2cc(-n4c5ccc(-c6ccc(-c7cc8ccccc8c8ccccc78)cc6)cc5c5cc(-c6ccc(-c7cc8ccccc8c8ccccc78)cc6)ccc54)ccc2-3)cc1. The van der Waals surface area contributed by atoms with Gasteiger partial charge in [0.2, 0.25) is 0 Å². The molecular weight excluding hydrogens is 883 g/mol. The molecule has 2 heterocycles. The Bertz CT molecular complexity index is 4290. The molecule has 0 unspecified atom stereocenters. The maximum absolute atomic E-state index is 2.51. The van der Waals surface area contributed by atoms with Crippen LogP contribution in [0.25, 0.3) is 137 Å². The van der Waals surface area contributed by atoms with Gasteiger partial charge in [-0.15, -0.1) is 0 Å². The summed E-state index contributed by atoms with van der Waals surface area (Å²) in [5, 5.41) is 15.8. The van der Waals surface area contributed by atoms with Gasteiger partial charge in [0.25, 0.3) is 0 Å². The van der Waals surface area contributed by atoms with E-state index in [1.165, 1.54) is 148 Å². The third kappa shape index (κ3) is 6.54. The molecule has 1 aliphatic heterocycles. The van der Waals surface area contributed by atoms with Gasteiger partial charge in [-0.25, -0.2) is 0 Å². The average Bonchev–Trinajstić information content (AvgIpc) is 3.99. The van der Waals surface area contributed by atoms with Crippen LogP contribution in [0, 0.1) is 0 Å². The molecule has 0 radical (unpaired) electrons. The quantitative estimate of drug-likeness (QED) is 0.116. The van der Waals surface area contributed by atoms with Crippen molar-refractivity contribution in [2.24, 2.45) is 0 Å². The van der Waals surface area contributed by atoms with Crippen molar-refractivity contribution >= 4 is 84.8 Å². The minimum absolute atomic E-state index is 0.686. The van der Waals surface area contributed by atoms with Crippen LogP contribution in [0.15, 0.2) is 261 Å². The highest BCUT2D eigenvalue weighted by molar-refractivity contribution is 6.73. The lowest BCUT2D eigenvalue weighted by Gasteiger charge is -2.12. The van der Waals surface area contributed by atoms with Crippen LogP contribution in [0.1, 0.15) is 0 Å². The van der Waals surface area contributed by atoms with Crippen molar-refractivity contribution in [1.29, 1.82) is 0 Å². The number of nitrogens with zero attached hydrogens (tertiary/aromatic N) is 1. The summed E-state index contributed by atoms with van der Waals surface area (Å²) in [6.07, 6.45) is 0. The van der Waals surface area contributed by atoms with Crippen molar-refractivity contribution in [3.8, 4) is 72.4 Å². The molecular formula is C70H45NSi. The molecule has 1 aliphatic rings. The number of hydrogen-bond acceptors (Lipinski definition) is 0. The summed E-state index contributed by atoms with van der Waals surface area (Å²) in [6, 6.07) is 97.5. The van der Waals surface area contributed by atoms with E-state index in [-0.39, 0.29) is 0 Å². The zero-order valence-electron chi connectivity index (χ0n) is 39.5. The molecule has 72 heavy (non-hydrogen) atoms. The molecule has 0 atom stereocenters. The summed E-state index contributed by atoms with van der Waals surface area (Å²) >= 11 is 0. The van der Waals surface area contributed by atoms with Crippen molar-refractivity contribution in [3.05, 3.63) is 261 Å². The molecule has 0 amide bonds. The van der Waals surface area contributed by atoms with Crippen molar-refractivity contribution in [1.82, 2.24) is 4.57 Å². The molecule has 1 aromatic heterocycles. The number of fused-ring (bicyclic) bond motifs is 12. The van der Waals surface area contributed by atoms with E-state index in [1.807, 2.05) is 0 Å². The van der Waals surface area contributed by atoms with Gasteiger partial charge >= 0.3 is 0 Å². The monoisotopic (exact) mass is 927 g/mol. The van der Waals surface area contributed by atoms with Crippen molar-refractivity contribution in [2.45, 2.75) is 0 Å². The van der Waals surface area contributed by atoms with Gasteiger partial charge in [0.1, 0.15) is 0 Å². The van der Waals surface area contributed by atoms with Gasteiger partial charge in [0, 0.05) is 16.5 Å². The second kappa shape index (κ2) is 16.2. The lowest BCUT2D eigenvalue weighted by Crippen LogP contribution is -2.21. The van der Waals surface area contributed by atoms with Crippen LogP contribution in [0.5, 0.6) is 0 Å². The summed E-state index contributed by atoms with van der Waals surface area (Å²) in [7, 11) is -0.686. The molecule has 0 saturated carbocycles. The highest BCUT2D eigenvalue weighted by atomic mass is 28.2. The third-order valence-corrected chi connectivity index (χ3v) is 17.5.